The van der Waals surface area contributed by atoms with Gasteiger partial charge in [0.1, 0.15) is 0 Å². The molecule has 20 heavy (non-hydrogen) atoms. The highest BCUT2D eigenvalue weighted by Crippen LogP contribution is 2.50. The Morgan fingerprint density at radius 1 is 0.900 bits per heavy atom. The highest BCUT2D eigenvalue weighted by Gasteiger charge is 2.56. The Labute approximate surface area is 118 Å². The lowest BCUT2D eigenvalue weighted by Gasteiger charge is -2.38. The zero-order valence-corrected chi connectivity index (χ0v) is 11.5. The summed E-state index contributed by atoms with van der Waals surface area (Å²) in [5.74, 6) is 0.291. The average Bonchev–Trinajstić information content (AvgIpc) is 2.76. The molecule has 0 radical (unpaired) electrons. The van der Waals surface area contributed by atoms with Crippen molar-refractivity contribution in [2.45, 2.75) is 19.8 Å². The van der Waals surface area contributed by atoms with Crippen LogP contribution in [-0.4, -0.2) is 11.8 Å². The van der Waals surface area contributed by atoms with Crippen molar-refractivity contribution in [3.63, 3.8) is 0 Å². The molecule has 0 unspecified atom stereocenters. The van der Waals surface area contributed by atoms with Crippen LogP contribution in [0.4, 0.5) is 5.69 Å². The number of aryl methyl sites for hydroxylation is 1. The molecule has 3 aliphatic carbocycles. The molecular formula is C17H17NO2. The first-order chi connectivity index (χ1) is 9.66. The molecule has 2 bridgehead atoms. The van der Waals surface area contributed by atoms with Crippen molar-refractivity contribution in [3.05, 3.63) is 42.0 Å². The summed E-state index contributed by atoms with van der Waals surface area (Å²) in [6.07, 6.45) is 6.39. The largest absolute Gasteiger partial charge is 0.274 e. The maximum absolute atomic E-state index is 12.7. The van der Waals surface area contributed by atoms with E-state index in [0.29, 0.717) is 0 Å². The van der Waals surface area contributed by atoms with Crippen molar-refractivity contribution in [3.8, 4) is 0 Å². The van der Waals surface area contributed by atoms with E-state index >= 15 is 0 Å². The van der Waals surface area contributed by atoms with Gasteiger partial charge in [0.2, 0.25) is 11.8 Å². The fourth-order valence-electron chi connectivity index (χ4n) is 4.02. The third-order valence-electron chi connectivity index (χ3n) is 5.05. The lowest BCUT2D eigenvalue weighted by atomic mass is 9.63. The summed E-state index contributed by atoms with van der Waals surface area (Å²) >= 11 is 0. The fraction of sp³-hybridized carbons (Fsp3) is 0.412. The zero-order chi connectivity index (χ0) is 13.9. The lowest BCUT2D eigenvalue weighted by Crippen LogP contribution is -2.38. The van der Waals surface area contributed by atoms with E-state index in [0.717, 1.165) is 24.1 Å². The minimum Gasteiger partial charge on any atom is -0.274 e. The summed E-state index contributed by atoms with van der Waals surface area (Å²) in [5.41, 5.74) is 1.85. The van der Waals surface area contributed by atoms with Crippen LogP contribution in [0.2, 0.25) is 0 Å². The van der Waals surface area contributed by atoms with E-state index in [9.17, 15) is 9.59 Å². The van der Waals surface area contributed by atoms with Gasteiger partial charge in [-0.3, -0.25) is 14.5 Å². The summed E-state index contributed by atoms with van der Waals surface area (Å²) in [5, 5.41) is 0. The van der Waals surface area contributed by atoms with Crippen LogP contribution >= 0.6 is 0 Å². The molecule has 3 heteroatoms. The standard InChI is InChI=1S/C17H17NO2/c1-10-2-8-13(9-3-10)18-16(19)14-11-4-5-12(7-6-11)15(14)17(18)20/h2-5,8-9,11-12,14-15H,6-7H2,1H3/t11-,12+,14+,15-. The number of allylic oxidation sites excluding steroid dienone is 2. The molecule has 4 atom stereocenters. The Bertz CT molecular complexity index is 584. The van der Waals surface area contributed by atoms with Gasteiger partial charge in [0.05, 0.1) is 17.5 Å². The number of fused-ring (bicyclic) bond motifs is 1. The van der Waals surface area contributed by atoms with Gasteiger partial charge in [-0.2, -0.15) is 0 Å². The van der Waals surface area contributed by atoms with Crippen molar-refractivity contribution in [2.24, 2.45) is 23.7 Å². The summed E-state index contributed by atoms with van der Waals surface area (Å²) in [6, 6.07) is 7.64. The van der Waals surface area contributed by atoms with Crippen LogP contribution < -0.4 is 4.90 Å². The van der Waals surface area contributed by atoms with E-state index in [-0.39, 0.29) is 35.5 Å². The molecule has 1 heterocycles. The molecular weight excluding hydrogens is 250 g/mol. The first-order valence-corrected chi connectivity index (χ1v) is 7.29. The number of anilines is 1. The second kappa shape index (κ2) is 4.05. The second-order valence-corrected chi connectivity index (χ2v) is 6.19. The number of imide groups is 1. The SMILES string of the molecule is Cc1ccc(N2C(=O)[C@@H]3[C@H](C2=O)[C@H]2C=C[C@@H]3CC2)cc1. The smallest absolute Gasteiger partial charge is 0.238 e. The van der Waals surface area contributed by atoms with Gasteiger partial charge in [-0.05, 0) is 43.7 Å². The zero-order valence-electron chi connectivity index (χ0n) is 11.5. The topological polar surface area (TPSA) is 37.4 Å². The molecule has 4 aliphatic rings. The van der Waals surface area contributed by atoms with Crippen LogP contribution in [0, 0.1) is 30.6 Å². The van der Waals surface area contributed by atoms with Crippen molar-refractivity contribution < 1.29 is 9.59 Å². The van der Waals surface area contributed by atoms with Crippen molar-refractivity contribution in [1.29, 1.82) is 0 Å². The fourth-order valence-corrected chi connectivity index (χ4v) is 4.02. The first-order valence-electron chi connectivity index (χ1n) is 7.29. The Morgan fingerprint density at radius 2 is 1.40 bits per heavy atom. The van der Waals surface area contributed by atoms with Crippen molar-refractivity contribution in [2.75, 3.05) is 4.90 Å². The number of hydrogen-bond acceptors (Lipinski definition) is 2. The molecule has 2 amide bonds. The average molecular weight is 267 g/mol. The van der Waals surface area contributed by atoms with Gasteiger partial charge < -0.3 is 0 Å². The van der Waals surface area contributed by atoms with E-state index in [1.165, 1.54) is 4.90 Å². The van der Waals surface area contributed by atoms with Gasteiger partial charge in [-0.15, -0.1) is 0 Å². The summed E-state index contributed by atoms with van der Waals surface area (Å²) in [4.78, 5) is 26.8. The Morgan fingerprint density at radius 3 is 1.85 bits per heavy atom. The lowest BCUT2D eigenvalue weighted by molar-refractivity contribution is -0.124. The number of hydrogen-bond donors (Lipinski definition) is 0. The van der Waals surface area contributed by atoms with Crippen LogP contribution in [-0.2, 0) is 9.59 Å². The van der Waals surface area contributed by atoms with Crippen LogP contribution in [0.5, 0.6) is 0 Å². The van der Waals surface area contributed by atoms with E-state index in [1.54, 1.807) is 0 Å². The van der Waals surface area contributed by atoms with Gasteiger partial charge >= 0.3 is 0 Å². The number of carbonyl (C=O) groups excluding carboxylic acids is 2. The Balaban J connectivity index is 1.75. The van der Waals surface area contributed by atoms with E-state index < -0.39 is 0 Å². The van der Waals surface area contributed by atoms with Gasteiger partial charge in [-0.25, -0.2) is 0 Å². The first kappa shape index (κ1) is 11.9. The highest BCUT2D eigenvalue weighted by atomic mass is 16.2. The summed E-state index contributed by atoms with van der Waals surface area (Å²) < 4.78 is 0. The predicted octanol–water partition coefficient (Wildman–Crippen LogP) is 2.70. The van der Waals surface area contributed by atoms with Crippen molar-refractivity contribution in [1.82, 2.24) is 0 Å². The molecule has 2 fully saturated rings. The van der Waals surface area contributed by atoms with E-state index in [1.807, 2.05) is 31.2 Å². The maximum Gasteiger partial charge on any atom is 0.238 e. The monoisotopic (exact) mass is 267 g/mol. The van der Waals surface area contributed by atoms with E-state index in [4.69, 9.17) is 0 Å². The quantitative estimate of drug-likeness (QED) is 0.579. The number of nitrogens with zero attached hydrogens (tertiary/aromatic N) is 1. The predicted molar refractivity (Wildman–Crippen MR) is 76.0 cm³/mol. The number of rotatable bonds is 1. The van der Waals surface area contributed by atoms with Crippen LogP contribution in [0.15, 0.2) is 36.4 Å². The highest BCUT2D eigenvalue weighted by molar-refractivity contribution is 6.22. The maximum atomic E-state index is 12.7. The second-order valence-electron chi connectivity index (χ2n) is 6.19. The molecule has 102 valence electrons. The van der Waals surface area contributed by atoms with Crippen LogP contribution in [0.3, 0.4) is 0 Å². The minimum absolute atomic E-state index is 0.00269. The summed E-state index contributed by atoms with van der Waals surface area (Å²) in [6.45, 7) is 2.00. The van der Waals surface area contributed by atoms with Crippen molar-refractivity contribution >= 4 is 17.5 Å². The third-order valence-corrected chi connectivity index (χ3v) is 5.05. The number of carbonyl (C=O) groups is 2. The molecule has 1 aliphatic heterocycles. The molecule has 1 aromatic rings. The Kier molecular flexibility index (Phi) is 2.40. The summed E-state index contributed by atoms with van der Waals surface area (Å²) in [7, 11) is 0. The van der Waals surface area contributed by atoms with Crippen LogP contribution in [0.25, 0.3) is 0 Å². The number of benzene rings is 1. The molecule has 1 saturated carbocycles. The molecule has 0 N–H and O–H groups in total. The molecule has 1 aromatic carbocycles. The molecule has 1 saturated heterocycles. The van der Waals surface area contributed by atoms with Gasteiger partial charge in [0.15, 0.2) is 0 Å². The van der Waals surface area contributed by atoms with Gasteiger partial charge in [-0.1, -0.05) is 29.8 Å². The third kappa shape index (κ3) is 1.46. The van der Waals surface area contributed by atoms with Gasteiger partial charge in [0.25, 0.3) is 0 Å². The minimum atomic E-state index is -0.118. The van der Waals surface area contributed by atoms with Crippen LogP contribution in [0.1, 0.15) is 18.4 Å². The molecule has 0 aromatic heterocycles. The van der Waals surface area contributed by atoms with E-state index in [2.05, 4.69) is 12.2 Å². The molecule has 0 spiro atoms. The molecule has 3 nitrogen and oxygen atoms in total. The Hall–Kier alpha value is -1.90. The molecule has 5 rings (SSSR count). The normalized spacial score (nSPS) is 34.8. The number of amides is 2. The van der Waals surface area contributed by atoms with Gasteiger partial charge in [0, 0.05) is 0 Å².